The summed E-state index contributed by atoms with van der Waals surface area (Å²) in [6.07, 6.45) is 0.210. The van der Waals surface area contributed by atoms with E-state index in [0.717, 1.165) is 0 Å². The number of carbonyl (C=O) groups is 1. The van der Waals surface area contributed by atoms with Crippen molar-refractivity contribution in [2.45, 2.75) is 24.0 Å². The number of nitrogens with one attached hydrogen (secondary N) is 1. The number of anilines is 1. The summed E-state index contributed by atoms with van der Waals surface area (Å²) >= 11 is 0.482. The van der Waals surface area contributed by atoms with Crippen molar-refractivity contribution in [1.29, 1.82) is 0 Å². The predicted molar refractivity (Wildman–Crippen MR) is 68.0 cm³/mol. The molecule has 0 saturated carbocycles. The first-order chi connectivity index (χ1) is 8.63. The summed E-state index contributed by atoms with van der Waals surface area (Å²) < 4.78 is 29.4. The highest BCUT2D eigenvalue weighted by Crippen LogP contribution is 2.31. The molecule has 0 radical (unpaired) electrons. The standard InChI is InChI=1S/C12H15F2NO2S/c1-2-17-11(16)7-8-15-9-5-3-4-6-10(9)18-12(13)14/h3-6,12,15H,2,7-8H2,1H3. The molecule has 0 spiro atoms. The van der Waals surface area contributed by atoms with Crippen LogP contribution >= 0.6 is 11.8 Å². The van der Waals surface area contributed by atoms with Crippen molar-refractivity contribution in [3.8, 4) is 0 Å². The molecule has 1 aromatic rings. The Balaban J connectivity index is 2.48. The van der Waals surface area contributed by atoms with Crippen molar-refractivity contribution in [2.24, 2.45) is 0 Å². The molecule has 100 valence electrons. The van der Waals surface area contributed by atoms with Crippen LogP contribution in [0, 0.1) is 0 Å². The minimum atomic E-state index is -2.46. The molecular weight excluding hydrogens is 260 g/mol. The first kappa shape index (κ1) is 14.8. The van der Waals surface area contributed by atoms with E-state index < -0.39 is 5.76 Å². The second kappa shape index (κ2) is 7.92. The number of ether oxygens (including phenoxy) is 1. The van der Waals surface area contributed by atoms with Crippen molar-refractivity contribution in [1.82, 2.24) is 0 Å². The molecule has 0 fully saturated rings. The van der Waals surface area contributed by atoms with Gasteiger partial charge in [-0.3, -0.25) is 4.79 Å². The molecule has 3 nitrogen and oxygen atoms in total. The molecule has 1 N–H and O–H groups in total. The van der Waals surface area contributed by atoms with E-state index in [1.807, 2.05) is 0 Å². The third kappa shape index (κ3) is 5.35. The normalized spacial score (nSPS) is 10.4. The van der Waals surface area contributed by atoms with Crippen molar-refractivity contribution in [3.63, 3.8) is 0 Å². The quantitative estimate of drug-likeness (QED) is 0.611. The molecule has 0 amide bonds. The maximum absolute atomic E-state index is 12.3. The minimum absolute atomic E-state index is 0.210. The lowest BCUT2D eigenvalue weighted by molar-refractivity contribution is -0.142. The van der Waals surface area contributed by atoms with Crippen LogP contribution in [0.4, 0.5) is 14.5 Å². The molecule has 1 rings (SSSR count). The maximum Gasteiger partial charge on any atom is 0.307 e. The van der Waals surface area contributed by atoms with Crippen LogP contribution < -0.4 is 5.32 Å². The highest BCUT2D eigenvalue weighted by atomic mass is 32.2. The van der Waals surface area contributed by atoms with Gasteiger partial charge < -0.3 is 10.1 Å². The Bertz CT molecular complexity index is 388. The summed E-state index contributed by atoms with van der Waals surface area (Å²) in [5, 5.41) is 2.95. The van der Waals surface area contributed by atoms with Crippen LogP contribution in [-0.2, 0) is 9.53 Å². The lowest BCUT2D eigenvalue weighted by Gasteiger charge is -2.10. The second-order valence-corrected chi connectivity index (χ2v) is 4.39. The molecule has 1 aromatic carbocycles. The van der Waals surface area contributed by atoms with Crippen LogP contribution in [-0.4, -0.2) is 24.9 Å². The SMILES string of the molecule is CCOC(=O)CCNc1ccccc1SC(F)F. The second-order valence-electron chi connectivity index (χ2n) is 3.36. The lowest BCUT2D eigenvalue weighted by Crippen LogP contribution is -2.11. The largest absolute Gasteiger partial charge is 0.466 e. The zero-order valence-electron chi connectivity index (χ0n) is 9.99. The van der Waals surface area contributed by atoms with E-state index in [9.17, 15) is 13.6 Å². The van der Waals surface area contributed by atoms with Gasteiger partial charge in [-0.15, -0.1) is 0 Å². The number of hydrogen-bond acceptors (Lipinski definition) is 4. The van der Waals surface area contributed by atoms with Gasteiger partial charge in [-0.25, -0.2) is 0 Å². The van der Waals surface area contributed by atoms with Gasteiger partial charge in [0.1, 0.15) is 0 Å². The van der Waals surface area contributed by atoms with Crippen molar-refractivity contribution >= 4 is 23.4 Å². The number of esters is 1. The molecule has 0 aliphatic heterocycles. The molecule has 0 bridgehead atoms. The molecule has 0 aromatic heterocycles. The molecular formula is C12H15F2NO2S. The molecule has 0 heterocycles. The third-order valence-corrected chi connectivity index (χ3v) is 2.84. The van der Waals surface area contributed by atoms with Gasteiger partial charge in [-0.1, -0.05) is 23.9 Å². The smallest absolute Gasteiger partial charge is 0.307 e. The maximum atomic E-state index is 12.3. The summed E-state index contributed by atoms with van der Waals surface area (Å²) in [4.78, 5) is 11.6. The highest BCUT2D eigenvalue weighted by Gasteiger charge is 2.09. The number of para-hydroxylation sites is 1. The van der Waals surface area contributed by atoms with Crippen molar-refractivity contribution in [3.05, 3.63) is 24.3 Å². The highest BCUT2D eigenvalue weighted by molar-refractivity contribution is 7.99. The van der Waals surface area contributed by atoms with E-state index in [1.54, 1.807) is 31.2 Å². The Morgan fingerprint density at radius 1 is 1.44 bits per heavy atom. The molecule has 18 heavy (non-hydrogen) atoms. The first-order valence-corrected chi connectivity index (χ1v) is 6.44. The average Bonchev–Trinajstić information content (AvgIpc) is 2.31. The molecule has 6 heteroatoms. The Hall–Kier alpha value is -1.30. The predicted octanol–water partition coefficient (Wildman–Crippen LogP) is 3.37. The van der Waals surface area contributed by atoms with Gasteiger partial charge in [-0.05, 0) is 19.1 Å². The van der Waals surface area contributed by atoms with E-state index in [1.165, 1.54) is 0 Å². The van der Waals surface area contributed by atoms with Gasteiger partial charge >= 0.3 is 5.97 Å². The van der Waals surface area contributed by atoms with Gasteiger partial charge in [-0.2, -0.15) is 8.78 Å². The van der Waals surface area contributed by atoms with Crippen LogP contribution in [0.1, 0.15) is 13.3 Å². The summed E-state index contributed by atoms with van der Waals surface area (Å²) in [7, 11) is 0. The molecule has 0 aliphatic rings. The molecule has 0 atom stereocenters. The first-order valence-electron chi connectivity index (χ1n) is 5.56. The van der Waals surface area contributed by atoms with Gasteiger partial charge in [0.2, 0.25) is 0 Å². The average molecular weight is 275 g/mol. The summed E-state index contributed by atoms with van der Waals surface area (Å²) in [6.45, 7) is 2.44. The van der Waals surface area contributed by atoms with Gasteiger partial charge in [0.05, 0.1) is 13.0 Å². The zero-order chi connectivity index (χ0) is 13.4. The van der Waals surface area contributed by atoms with Gasteiger partial charge in [0.25, 0.3) is 5.76 Å². The summed E-state index contributed by atoms with van der Waals surface area (Å²) in [5.74, 6) is -2.76. The monoisotopic (exact) mass is 275 g/mol. The van der Waals surface area contributed by atoms with Crippen molar-refractivity contribution < 1.29 is 18.3 Å². The van der Waals surface area contributed by atoms with E-state index in [2.05, 4.69) is 5.32 Å². The van der Waals surface area contributed by atoms with Gasteiger partial charge in [0.15, 0.2) is 0 Å². The fraction of sp³-hybridized carbons (Fsp3) is 0.417. The zero-order valence-corrected chi connectivity index (χ0v) is 10.8. The number of halogens is 2. The Morgan fingerprint density at radius 2 is 2.17 bits per heavy atom. The Morgan fingerprint density at radius 3 is 2.83 bits per heavy atom. The fourth-order valence-corrected chi connectivity index (χ4v) is 1.96. The number of hydrogen-bond donors (Lipinski definition) is 1. The lowest BCUT2D eigenvalue weighted by atomic mass is 10.3. The summed E-state index contributed by atoms with van der Waals surface area (Å²) in [5.41, 5.74) is 0.604. The Labute approximate surface area is 109 Å². The number of rotatable bonds is 7. The third-order valence-electron chi connectivity index (χ3n) is 2.05. The van der Waals surface area contributed by atoms with Gasteiger partial charge in [0, 0.05) is 17.1 Å². The fourth-order valence-electron chi connectivity index (χ4n) is 1.34. The van der Waals surface area contributed by atoms with E-state index in [-0.39, 0.29) is 12.4 Å². The van der Waals surface area contributed by atoms with E-state index in [4.69, 9.17) is 4.74 Å². The van der Waals surface area contributed by atoms with Crippen LogP contribution in [0.3, 0.4) is 0 Å². The minimum Gasteiger partial charge on any atom is -0.466 e. The van der Waals surface area contributed by atoms with Crippen LogP contribution in [0.2, 0.25) is 0 Å². The Kier molecular flexibility index (Phi) is 6.49. The van der Waals surface area contributed by atoms with Crippen LogP contribution in [0.25, 0.3) is 0 Å². The van der Waals surface area contributed by atoms with Crippen LogP contribution in [0.15, 0.2) is 29.2 Å². The molecule has 0 unspecified atom stereocenters. The molecule has 0 saturated heterocycles. The van der Waals surface area contributed by atoms with Crippen LogP contribution in [0.5, 0.6) is 0 Å². The number of benzene rings is 1. The number of carbonyl (C=O) groups excluding carboxylic acids is 1. The van der Waals surface area contributed by atoms with E-state index >= 15 is 0 Å². The topological polar surface area (TPSA) is 38.3 Å². The number of thioether (sulfide) groups is 1. The molecule has 0 aliphatic carbocycles. The summed E-state index contributed by atoms with van der Waals surface area (Å²) in [6, 6.07) is 6.77. The van der Waals surface area contributed by atoms with E-state index in [0.29, 0.717) is 35.5 Å². The van der Waals surface area contributed by atoms with Crippen molar-refractivity contribution in [2.75, 3.05) is 18.5 Å². The number of alkyl halides is 2.